The number of hydrogen-bond donors (Lipinski definition) is 1. The molecule has 1 nitrogen and oxygen atoms in total. The molecule has 0 aliphatic heterocycles. The average Bonchev–Trinajstić information content (AvgIpc) is 2.24. The molecule has 90 valence electrons. The summed E-state index contributed by atoms with van der Waals surface area (Å²) >= 11 is 0. The molecule has 0 aliphatic rings. The summed E-state index contributed by atoms with van der Waals surface area (Å²) < 4.78 is 0. The molecule has 1 N–H and O–H groups in total. The second-order valence-electron chi connectivity index (χ2n) is 5.07. The van der Waals surface area contributed by atoms with Gasteiger partial charge in [0.15, 0.2) is 0 Å². The Bertz CT molecular complexity index is 304. The van der Waals surface area contributed by atoms with Gasteiger partial charge in [0.25, 0.3) is 0 Å². The highest BCUT2D eigenvalue weighted by atomic mass is 14.9. The van der Waals surface area contributed by atoms with E-state index in [1.807, 2.05) is 0 Å². The molecule has 0 spiro atoms. The largest absolute Gasteiger partial charge is 0.310 e. The van der Waals surface area contributed by atoms with Gasteiger partial charge in [0.2, 0.25) is 0 Å². The summed E-state index contributed by atoms with van der Waals surface area (Å²) in [5, 5.41) is 3.60. The van der Waals surface area contributed by atoms with Crippen molar-refractivity contribution in [3.63, 3.8) is 0 Å². The van der Waals surface area contributed by atoms with Crippen LogP contribution in [0, 0.1) is 12.8 Å². The van der Waals surface area contributed by atoms with Crippen molar-refractivity contribution in [3.8, 4) is 0 Å². The second-order valence-corrected chi connectivity index (χ2v) is 5.07. The highest BCUT2D eigenvalue weighted by Crippen LogP contribution is 2.16. The van der Waals surface area contributed by atoms with Crippen LogP contribution in [0.1, 0.15) is 50.8 Å². The molecule has 16 heavy (non-hydrogen) atoms. The zero-order chi connectivity index (χ0) is 12.0. The van der Waals surface area contributed by atoms with Crippen LogP contribution >= 0.6 is 0 Å². The van der Waals surface area contributed by atoms with Gasteiger partial charge in [0.1, 0.15) is 0 Å². The van der Waals surface area contributed by atoms with E-state index in [9.17, 15) is 0 Å². The van der Waals surface area contributed by atoms with Crippen LogP contribution in [-0.2, 0) is 0 Å². The van der Waals surface area contributed by atoms with Crippen LogP contribution < -0.4 is 5.32 Å². The number of nitrogens with one attached hydrogen (secondary N) is 1. The molecule has 0 saturated carbocycles. The van der Waals surface area contributed by atoms with E-state index in [1.165, 1.54) is 24.0 Å². The van der Waals surface area contributed by atoms with Crippen LogP contribution in [0.2, 0.25) is 0 Å². The molecule has 1 unspecified atom stereocenters. The Morgan fingerprint density at radius 1 is 1.12 bits per heavy atom. The summed E-state index contributed by atoms with van der Waals surface area (Å²) in [6.07, 6.45) is 2.58. The van der Waals surface area contributed by atoms with Crippen LogP contribution in [0.3, 0.4) is 0 Å². The maximum atomic E-state index is 3.60. The first kappa shape index (κ1) is 13.2. The van der Waals surface area contributed by atoms with Crippen LogP contribution in [-0.4, -0.2) is 6.54 Å². The molecule has 0 amide bonds. The maximum absolute atomic E-state index is 3.60. The molecule has 1 aromatic carbocycles. The van der Waals surface area contributed by atoms with E-state index in [1.54, 1.807) is 0 Å². The topological polar surface area (TPSA) is 12.0 Å². The molecular formula is C15H25N. The monoisotopic (exact) mass is 219 g/mol. The van der Waals surface area contributed by atoms with Gasteiger partial charge in [-0.05, 0) is 50.3 Å². The Kier molecular flexibility index (Phi) is 5.54. The van der Waals surface area contributed by atoms with Crippen molar-refractivity contribution < 1.29 is 0 Å². The predicted molar refractivity (Wildman–Crippen MR) is 71.7 cm³/mol. The van der Waals surface area contributed by atoms with Gasteiger partial charge in [0, 0.05) is 6.04 Å². The van der Waals surface area contributed by atoms with Crippen molar-refractivity contribution in [2.75, 3.05) is 6.54 Å². The lowest BCUT2D eigenvalue weighted by molar-refractivity contribution is 0.497. The van der Waals surface area contributed by atoms with Crippen LogP contribution in [0.4, 0.5) is 0 Å². The Hall–Kier alpha value is -0.820. The molecule has 0 saturated heterocycles. The number of aryl methyl sites for hydroxylation is 1. The predicted octanol–water partition coefficient (Wildman–Crippen LogP) is 4.08. The van der Waals surface area contributed by atoms with Crippen molar-refractivity contribution in [2.45, 2.75) is 46.6 Å². The highest BCUT2D eigenvalue weighted by molar-refractivity contribution is 5.28. The van der Waals surface area contributed by atoms with Crippen LogP contribution in [0.5, 0.6) is 0 Å². The van der Waals surface area contributed by atoms with E-state index in [0.717, 1.165) is 12.5 Å². The van der Waals surface area contributed by atoms with Gasteiger partial charge in [-0.2, -0.15) is 0 Å². The second kappa shape index (κ2) is 6.70. The van der Waals surface area contributed by atoms with Crippen molar-refractivity contribution in [1.29, 1.82) is 0 Å². The van der Waals surface area contributed by atoms with Gasteiger partial charge in [-0.1, -0.05) is 38.1 Å². The molecule has 0 aliphatic carbocycles. The molecule has 1 aromatic rings. The van der Waals surface area contributed by atoms with Crippen molar-refractivity contribution >= 4 is 0 Å². The third kappa shape index (κ3) is 4.36. The standard InChI is InChI=1S/C15H25N/c1-12(2)8-7-11-16-14(4)15-10-6-5-9-13(15)3/h5-6,9-10,12,14,16H,7-8,11H2,1-4H3. The lowest BCUT2D eigenvalue weighted by atomic mass is 10.0. The summed E-state index contributed by atoms with van der Waals surface area (Å²) in [7, 11) is 0. The summed E-state index contributed by atoms with van der Waals surface area (Å²) in [5.74, 6) is 0.815. The third-order valence-corrected chi connectivity index (χ3v) is 3.06. The first-order chi connectivity index (χ1) is 7.61. The summed E-state index contributed by atoms with van der Waals surface area (Å²) in [6.45, 7) is 10.1. The van der Waals surface area contributed by atoms with Gasteiger partial charge in [-0.3, -0.25) is 0 Å². The van der Waals surface area contributed by atoms with Crippen LogP contribution in [0.15, 0.2) is 24.3 Å². The summed E-state index contributed by atoms with van der Waals surface area (Å²) in [5.41, 5.74) is 2.80. The fourth-order valence-corrected chi connectivity index (χ4v) is 2.01. The van der Waals surface area contributed by atoms with Gasteiger partial charge in [-0.25, -0.2) is 0 Å². The number of hydrogen-bond acceptors (Lipinski definition) is 1. The third-order valence-electron chi connectivity index (χ3n) is 3.06. The molecule has 1 atom stereocenters. The van der Waals surface area contributed by atoms with E-state index in [-0.39, 0.29) is 0 Å². The first-order valence-electron chi connectivity index (χ1n) is 6.40. The first-order valence-corrected chi connectivity index (χ1v) is 6.40. The molecule has 0 aromatic heterocycles. The van der Waals surface area contributed by atoms with Gasteiger partial charge >= 0.3 is 0 Å². The average molecular weight is 219 g/mol. The molecule has 0 heterocycles. The Balaban J connectivity index is 2.35. The van der Waals surface area contributed by atoms with Crippen molar-refractivity contribution in [1.82, 2.24) is 5.32 Å². The van der Waals surface area contributed by atoms with Crippen molar-refractivity contribution in [2.24, 2.45) is 5.92 Å². The zero-order valence-corrected chi connectivity index (χ0v) is 11.1. The SMILES string of the molecule is Cc1ccccc1C(C)NCCCC(C)C. The number of benzene rings is 1. The Morgan fingerprint density at radius 2 is 1.81 bits per heavy atom. The fourth-order valence-electron chi connectivity index (χ4n) is 2.01. The molecule has 0 radical (unpaired) electrons. The summed E-state index contributed by atoms with van der Waals surface area (Å²) in [6, 6.07) is 9.09. The van der Waals surface area contributed by atoms with Crippen molar-refractivity contribution in [3.05, 3.63) is 35.4 Å². The smallest absolute Gasteiger partial charge is 0.0294 e. The maximum Gasteiger partial charge on any atom is 0.0294 e. The van der Waals surface area contributed by atoms with Crippen LogP contribution in [0.25, 0.3) is 0 Å². The lowest BCUT2D eigenvalue weighted by Crippen LogP contribution is -2.20. The van der Waals surface area contributed by atoms with E-state index < -0.39 is 0 Å². The minimum Gasteiger partial charge on any atom is -0.310 e. The highest BCUT2D eigenvalue weighted by Gasteiger charge is 2.06. The normalized spacial score (nSPS) is 13.1. The summed E-state index contributed by atoms with van der Waals surface area (Å²) in [4.78, 5) is 0. The molecule has 1 heteroatoms. The minimum absolute atomic E-state index is 0.466. The molecular weight excluding hydrogens is 194 g/mol. The quantitative estimate of drug-likeness (QED) is 0.711. The zero-order valence-electron chi connectivity index (χ0n) is 11.1. The number of rotatable bonds is 6. The van der Waals surface area contributed by atoms with E-state index in [2.05, 4.69) is 57.3 Å². The molecule has 0 fully saturated rings. The fraction of sp³-hybridized carbons (Fsp3) is 0.600. The Morgan fingerprint density at radius 3 is 2.44 bits per heavy atom. The Labute approximate surface area is 100 Å². The van der Waals surface area contributed by atoms with E-state index >= 15 is 0 Å². The lowest BCUT2D eigenvalue weighted by Gasteiger charge is -2.16. The van der Waals surface area contributed by atoms with E-state index in [4.69, 9.17) is 0 Å². The molecule has 1 rings (SSSR count). The van der Waals surface area contributed by atoms with Gasteiger partial charge in [-0.15, -0.1) is 0 Å². The minimum atomic E-state index is 0.466. The van der Waals surface area contributed by atoms with Gasteiger partial charge < -0.3 is 5.32 Å². The van der Waals surface area contributed by atoms with Gasteiger partial charge in [0.05, 0.1) is 0 Å². The molecule has 0 bridgehead atoms. The van der Waals surface area contributed by atoms with E-state index in [0.29, 0.717) is 6.04 Å².